The van der Waals surface area contributed by atoms with Crippen molar-refractivity contribution in [2.75, 3.05) is 11.1 Å². The van der Waals surface area contributed by atoms with Crippen LogP contribution in [0.5, 0.6) is 0 Å². The molecule has 0 saturated heterocycles. The maximum atomic E-state index is 12.5. The normalized spacial score (nSPS) is 11.0. The summed E-state index contributed by atoms with van der Waals surface area (Å²) in [5.74, 6) is 1.31. The zero-order chi connectivity index (χ0) is 16.7. The highest BCUT2D eigenvalue weighted by molar-refractivity contribution is 7.99. The highest BCUT2D eigenvalue weighted by atomic mass is 32.2. The van der Waals surface area contributed by atoms with E-state index in [1.807, 2.05) is 24.3 Å². The molecule has 2 rings (SSSR count). The average molecular weight is 350 g/mol. The number of rotatable bonds is 8. The number of anilines is 1. The van der Waals surface area contributed by atoms with Gasteiger partial charge in [-0.3, -0.25) is 10.1 Å². The predicted molar refractivity (Wildman–Crippen MR) is 98.6 cm³/mol. The second kappa shape index (κ2) is 9.03. The Morgan fingerprint density at radius 3 is 2.65 bits per heavy atom. The molecule has 0 fully saturated rings. The molecule has 1 aromatic heterocycles. The van der Waals surface area contributed by atoms with Crippen molar-refractivity contribution in [3.05, 3.63) is 34.8 Å². The van der Waals surface area contributed by atoms with Crippen LogP contribution in [0.2, 0.25) is 0 Å². The van der Waals surface area contributed by atoms with Crippen LogP contribution in [0.15, 0.2) is 29.2 Å². The number of carbonyl (C=O) groups is 1. The van der Waals surface area contributed by atoms with Gasteiger partial charge in [-0.05, 0) is 37.1 Å². The van der Waals surface area contributed by atoms with E-state index in [2.05, 4.69) is 36.3 Å². The Hall–Kier alpha value is -1.40. The van der Waals surface area contributed by atoms with Gasteiger partial charge in [0.25, 0.3) is 5.91 Å². The van der Waals surface area contributed by atoms with Crippen molar-refractivity contribution in [3.63, 3.8) is 0 Å². The van der Waals surface area contributed by atoms with E-state index in [0.717, 1.165) is 34.9 Å². The first-order valence-electron chi connectivity index (χ1n) is 8.06. The SMILES string of the molecule is CCCSc1ccccc1C(=O)Nc1nnc(C(CC)CC)s1. The number of amides is 1. The average Bonchev–Trinajstić information content (AvgIpc) is 3.02. The maximum absolute atomic E-state index is 12.5. The van der Waals surface area contributed by atoms with E-state index < -0.39 is 0 Å². The van der Waals surface area contributed by atoms with Crippen molar-refractivity contribution in [1.29, 1.82) is 0 Å². The van der Waals surface area contributed by atoms with E-state index in [1.165, 1.54) is 11.3 Å². The fourth-order valence-electron chi connectivity index (χ4n) is 2.24. The van der Waals surface area contributed by atoms with Crippen molar-refractivity contribution < 1.29 is 4.79 Å². The fraction of sp³-hybridized carbons (Fsp3) is 0.471. The second-order valence-corrected chi connectivity index (χ2v) is 7.40. The Morgan fingerprint density at radius 2 is 1.96 bits per heavy atom. The van der Waals surface area contributed by atoms with Crippen LogP contribution in [-0.2, 0) is 0 Å². The molecular weight excluding hydrogens is 326 g/mol. The minimum Gasteiger partial charge on any atom is -0.296 e. The maximum Gasteiger partial charge on any atom is 0.258 e. The van der Waals surface area contributed by atoms with E-state index >= 15 is 0 Å². The molecule has 0 unspecified atom stereocenters. The van der Waals surface area contributed by atoms with Crippen molar-refractivity contribution in [2.45, 2.75) is 50.8 Å². The number of benzene rings is 1. The molecular formula is C17H23N3OS2. The largest absolute Gasteiger partial charge is 0.296 e. The lowest BCUT2D eigenvalue weighted by Crippen LogP contribution is -2.12. The third-order valence-electron chi connectivity index (χ3n) is 3.59. The van der Waals surface area contributed by atoms with Crippen molar-refractivity contribution in [3.8, 4) is 0 Å². The van der Waals surface area contributed by atoms with Crippen LogP contribution in [0.4, 0.5) is 5.13 Å². The lowest BCUT2D eigenvalue weighted by molar-refractivity contribution is 0.102. The van der Waals surface area contributed by atoms with Gasteiger partial charge in [-0.2, -0.15) is 0 Å². The number of hydrogen-bond donors (Lipinski definition) is 1. The minimum absolute atomic E-state index is 0.114. The number of aromatic nitrogens is 2. The van der Waals surface area contributed by atoms with E-state index in [1.54, 1.807) is 11.8 Å². The summed E-state index contributed by atoms with van der Waals surface area (Å²) < 4.78 is 0. The summed E-state index contributed by atoms with van der Waals surface area (Å²) in [7, 11) is 0. The smallest absolute Gasteiger partial charge is 0.258 e. The van der Waals surface area contributed by atoms with Gasteiger partial charge in [0.05, 0.1) is 5.56 Å². The summed E-state index contributed by atoms with van der Waals surface area (Å²) in [4.78, 5) is 13.5. The number of nitrogens with zero attached hydrogens (tertiary/aromatic N) is 2. The Bertz CT molecular complexity index is 638. The molecule has 1 heterocycles. The molecule has 1 N–H and O–H groups in total. The van der Waals surface area contributed by atoms with Crippen LogP contribution < -0.4 is 5.32 Å². The zero-order valence-corrected chi connectivity index (χ0v) is 15.5. The Kier molecular flexibility index (Phi) is 7.05. The van der Waals surface area contributed by atoms with E-state index in [-0.39, 0.29) is 5.91 Å². The molecule has 0 aliphatic rings. The molecule has 0 spiro atoms. The molecule has 0 aliphatic heterocycles. The molecule has 0 bridgehead atoms. The summed E-state index contributed by atoms with van der Waals surface area (Å²) >= 11 is 3.19. The van der Waals surface area contributed by atoms with Gasteiger partial charge in [0, 0.05) is 10.8 Å². The lowest BCUT2D eigenvalue weighted by atomic mass is 10.1. The predicted octanol–water partition coefficient (Wildman–Crippen LogP) is 5.20. The van der Waals surface area contributed by atoms with Crippen molar-refractivity contribution >= 4 is 34.1 Å². The second-order valence-electron chi connectivity index (χ2n) is 5.26. The fourth-order valence-corrected chi connectivity index (χ4v) is 4.16. The van der Waals surface area contributed by atoms with E-state index in [9.17, 15) is 4.79 Å². The number of hydrogen-bond acceptors (Lipinski definition) is 5. The summed E-state index contributed by atoms with van der Waals surface area (Å²) in [5, 5.41) is 12.8. The van der Waals surface area contributed by atoms with Gasteiger partial charge in [-0.15, -0.1) is 22.0 Å². The van der Waals surface area contributed by atoms with Crippen LogP contribution >= 0.6 is 23.1 Å². The van der Waals surface area contributed by atoms with Crippen LogP contribution in [0.25, 0.3) is 0 Å². The van der Waals surface area contributed by atoms with Crippen LogP contribution in [-0.4, -0.2) is 21.9 Å². The topological polar surface area (TPSA) is 54.9 Å². The molecule has 2 aromatic rings. The number of thioether (sulfide) groups is 1. The molecule has 0 aliphatic carbocycles. The third-order valence-corrected chi connectivity index (χ3v) is 5.87. The molecule has 23 heavy (non-hydrogen) atoms. The van der Waals surface area contributed by atoms with Gasteiger partial charge in [0.2, 0.25) is 5.13 Å². The third kappa shape index (κ3) is 4.78. The molecule has 4 nitrogen and oxygen atoms in total. The summed E-state index contributed by atoms with van der Waals surface area (Å²) in [5.41, 5.74) is 0.699. The van der Waals surface area contributed by atoms with Crippen LogP contribution in [0, 0.1) is 0 Å². The highest BCUT2D eigenvalue weighted by Gasteiger charge is 2.16. The molecule has 1 amide bonds. The van der Waals surface area contributed by atoms with Gasteiger partial charge < -0.3 is 0 Å². The first-order chi connectivity index (χ1) is 11.2. The quantitative estimate of drug-likeness (QED) is 0.666. The summed E-state index contributed by atoms with van der Waals surface area (Å²) in [6, 6.07) is 7.70. The number of carbonyl (C=O) groups excluding carboxylic acids is 1. The first kappa shape index (κ1) is 17.9. The monoisotopic (exact) mass is 349 g/mol. The van der Waals surface area contributed by atoms with Gasteiger partial charge in [-0.1, -0.05) is 44.2 Å². The van der Waals surface area contributed by atoms with Crippen LogP contribution in [0.1, 0.15) is 61.3 Å². The Balaban J connectivity index is 2.10. The zero-order valence-electron chi connectivity index (χ0n) is 13.8. The number of nitrogens with one attached hydrogen (secondary N) is 1. The van der Waals surface area contributed by atoms with Crippen molar-refractivity contribution in [2.24, 2.45) is 0 Å². The summed E-state index contributed by atoms with van der Waals surface area (Å²) in [6.45, 7) is 6.43. The van der Waals surface area contributed by atoms with Crippen LogP contribution in [0.3, 0.4) is 0 Å². The first-order valence-corrected chi connectivity index (χ1v) is 9.86. The highest BCUT2D eigenvalue weighted by Crippen LogP contribution is 2.29. The molecule has 1 aromatic carbocycles. The lowest BCUT2D eigenvalue weighted by Gasteiger charge is -2.08. The Labute approximate surface area is 146 Å². The minimum atomic E-state index is -0.114. The molecule has 124 valence electrons. The standard InChI is InChI=1S/C17H23N3OS2/c1-4-11-22-14-10-8-7-9-13(14)15(21)18-17-20-19-16(23-17)12(5-2)6-3/h7-10,12H,4-6,11H2,1-3H3,(H,18,20,21). The van der Waals surface area contributed by atoms with Crippen molar-refractivity contribution in [1.82, 2.24) is 10.2 Å². The molecule has 6 heteroatoms. The van der Waals surface area contributed by atoms with E-state index in [4.69, 9.17) is 0 Å². The molecule has 0 radical (unpaired) electrons. The van der Waals surface area contributed by atoms with Gasteiger partial charge in [0.15, 0.2) is 0 Å². The van der Waals surface area contributed by atoms with E-state index in [0.29, 0.717) is 16.6 Å². The van der Waals surface area contributed by atoms with Gasteiger partial charge in [0.1, 0.15) is 5.01 Å². The molecule has 0 atom stereocenters. The summed E-state index contributed by atoms with van der Waals surface area (Å²) in [6.07, 6.45) is 3.15. The van der Waals surface area contributed by atoms with Gasteiger partial charge in [-0.25, -0.2) is 0 Å². The van der Waals surface area contributed by atoms with Gasteiger partial charge >= 0.3 is 0 Å². The Morgan fingerprint density at radius 1 is 1.22 bits per heavy atom. The molecule has 0 saturated carbocycles.